The summed E-state index contributed by atoms with van der Waals surface area (Å²) in [6, 6.07) is 8.98. The Balaban J connectivity index is 1.30. The first kappa shape index (κ1) is 26.4. The van der Waals surface area contributed by atoms with E-state index >= 15 is 0 Å². The van der Waals surface area contributed by atoms with Gasteiger partial charge < -0.3 is 15.4 Å². The number of rotatable bonds is 7. The number of alkyl halides is 4. The molecule has 3 aromatic heterocycles. The molecule has 5 rings (SSSR count). The van der Waals surface area contributed by atoms with E-state index < -0.39 is 29.6 Å². The minimum Gasteiger partial charge on any atom is -0.497 e. The first-order valence-corrected chi connectivity index (χ1v) is 12.1. The molecule has 0 radical (unpaired) electrons. The van der Waals surface area contributed by atoms with Crippen molar-refractivity contribution in [2.24, 2.45) is 7.05 Å². The predicted octanol–water partition coefficient (Wildman–Crippen LogP) is 3.77. The number of hydrogen-bond acceptors (Lipinski definition) is 7. The molecule has 1 amide bonds. The zero-order valence-electron chi connectivity index (χ0n) is 21.1. The molecule has 0 spiro atoms. The number of halogens is 4. The van der Waals surface area contributed by atoms with E-state index in [0.29, 0.717) is 25.5 Å². The lowest BCUT2D eigenvalue weighted by molar-refractivity contribution is -0.140. The normalized spacial score (nSPS) is 18.3. The monoisotopic (exact) mass is 546 g/mol. The summed E-state index contributed by atoms with van der Waals surface area (Å²) in [4.78, 5) is 19.3. The summed E-state index contributed by atoms with van der Waals surface area (Å²) < 4.78 is 62.0. The number of hydrogen-bond donors (Lipinski definition) is 2. The smallest absolute Gasteiger partial charge is 0.437 e. The van der Waals surface area contributed by atoms with Crippen LogP contribution in [0.1, 0.15) is 28.0 Å². The SMILES string of the molecule is COc1ccc(CN2C[C@H](F)C[C@H](Nc3ccn4ncc(C(=O)Nc5cn(C)nc5C(F)(F)F)c4n3)C2)cc1. The third kappa shape index (κ3) is 5.95. The van der Waals surface area contributed by atoms with Crippen LogP contribution in [0.15, 0.2) is 48.9 Å². The number of likely N-dealkylation sites (tertiary alicyclic amines) is 1. The highest BCUT2D eigenvalue weighted by atomic mass is 19.4. The number of fused-ring (bicyclic) bond motifs is 1. The average Bonchev–Trinajstić information content (AvgIpc) is 3.47. The third-order valence-corrected chi connectivity index (χ3v) is 6.35. The van der Waals surface area contributed by atoms with Crippen LogP contribution >= 0.6 is 0 Å². The Morgan fingerprint density at radius 3 is 2.67 bits per heavy atom. The summed E-state index contributed by atoms with van der Waals surface area (Å²) in [6.45, 7) is 1.43. The fourth-order valence-corrected chi connectivity index (χ4v) is 4.64. The molecule has 206 valence electrons. The highest BCUT2D eigenvalue weighted by Crippen LogP contribution is 2.33. The number of nitrogens with zero attached hydrogens (tertiary/aromatic N) is 6. The molecule has 10 nitrogen and oxygen atoms in total. The Bertz CT molecular complexity index is 1470. The van der Waals surface area contributed by atoms with Crippen LogP contribution < -0.4 is 15.4 Å². The maximum Gasteiger partial charge on any atom is 0.437 e. The van der Waals surface area contributed by atoms with E-state index in [-0.39, 0.29) is 23.7 Å². The number of ether oxygens (including phenoxy) is 1. The number of piperidine rings is 1. The maximum atomic E-state index is 14.6. The summed E-state index contributed by atoms with van der Waals surface area (Å²) in [7, 11) is 2.92. The Hall–Kier alpha value is -4.20. The predicted molar refractivity (Wildman–Crippen MR) is 134 cm³/mol. The number of anilines is 2. The van der Waals surface area contributed by atoms with Crippen molar-refractivity contribution in [3.8, 4) is 5.75 Å². The van der Waals surface area contributed by atoms with Crippen molar-refractivity contribution in [2.75, 3.05) is 30.8 Å². The molecule has 14 heteroatoms. The van der Waals surface area contributed by atoms with Gasteiger partial charge in [0.2, 0.25) is 0 Å². The number of carbonyl (C=O) groups is 1. The highest BCUT2D eigenvalue weighted by Gasteiger charge is 2.38. The first-order valence-electron chi connectivity index (χ1n) is 12.1. The number of methoxy groups -OCH3 is 1. The van der Waals surface area contributed by atoms with E-state index in [2.05, 4.69) is 25.8 Å². The van der Waals surface area contributed by atoms with Gasteiger partial charge >= 0.3 is 6.18 Å². The van der Waals surface area contributed by atoms with Gasteiger partial charge in [-0.1, -0.05) is 12.1 Å². The summed E-state index contributed by atoms with van der Waals surface area (Å²) in [5.74, 6) is 0.314. The lowest BCUT2D eigenvalue weighted by Crippen LogP contribution is -2.46. The molecule has 0 bridgehead atoms. The van der Waals surface area contributed by atoms with Crippen molar-refractivity contribution in [1.82, 2.24) is 29.3 Å². The van der Waals surface area contributed by atoms with Crippen LogP contribution in [0.2, 0.25) is 0 Å². The van der Waals surface area contributed by atoms with Gasteiger partial charge in [0.05, 0.1) is 19.0 Å². The number of aromatic nitrogens is 5. The number of benzene rings is 1. The number of aryl methyl sites for hydroxylation is 1. The van der Waals surface area contributed by atoms with Crippen LogP contribution in [-0.4, -0.2) is 67.6 Å². The van der Waals surface area contributed by atoms with E-state index in [0.717, 1.165) is 22.2 Å². The molecule has 2 atom stereocenters. The molecule has 1 aliphatic heterocycles. The van der Waals surface area contributed by atoms with Crippen molar-refractivity contribution in [1.29, 1.82) is 0 Å². The fourth-order valence-electron chi connectivity index (χ4n) is 4.64. The Labute approximate surface area is 220 Å². The molecule has 2 N–H and O–H groups in total. The van der Waals surface area contributed by atoms with Gasteiger partial charge in [-0.25, -0.2) is 13.9 Å². The van der Waals surface area contributed by atoms with Crippen LogP contribution in [-0.2, 0) is 19.8 Å². The van der Waals surface area contributed by atoms with Gasteiger partial charge in [-0.05, 0) is 23.8 Å². The van der Waals surface area contributed by atoms with Gasteiger partial charge in [0, 0.05) is 51.5 Å². The molecule has 4 aromatic rings. The van der Waals surface area contributed by atoms with Crippen molar-refractivity contribution in [3.05, 3.63) is 65.7 Å². The zero-order valence-corrected chi connectivity index (χ0v) is 21.1. The molecule has 4 heterocycles. The second kappa shape index (κ2) is 10.5. The lowest BCUT2D eigenvalue weighted by Gasteiger charge is -2.35. The topological polar surface area (TPSA) is 102 Å². The minimum absolute atomic E-state index is 0.0243. The van der Waals surface area contributed by atoms with Crippen molar-refractivity contribution in [3.63, 3.8) is 0 Å². The molecule has 0 unspecified atom stereocenters. The first-order chi connectivity index (χ1) is 18.6. The van der Waals surface area contributed by atoms with Crippen LogP contribution in [0.25, 0.3) is 5.65 Å². The molecule has 1 fully saturated rings. The van der Waals surface area contributed by atoms with E-state index in [1.54, 1.807) is 19.4 Å². The van der Waals surface area contributed by atoms with Crippen LogP contribution in [0.5, 0.6) is 5.75 Å². The quantitative estimate of drug-likeness (QED) is 0.341. The Kier molecular flexibility index (Phi) is 7.12. The zero-order chi connectivity index (χ0) is 27.7. The Morgan fingerprint density at radius 1 is 1.18 bits per heavy atom. The Morgan fingerprint density at radius 2 is 1.95 bits per heavy atom. The molecule has 0 aliphatic carbocycles. The average molecular weight is 547 g/mol. The largest absolute Gasteiger partial charge is 0.497 e. The van der Waals surface area contributed by atoms with Gasteiger partial charge in [-0.15, -0.1) is 0 Å². The number of nitrogens with one attached hydrogen (secondary N) is 2. The van der Waals surface area contributed by atoms with Crippen molar-refractivity contribution < 1.29 is 27.1 Å². The molecular weight excluding hydrogens is 520 g/mol. The van der Waals surface area contributed by atoms with Crippen molar-refractivity contribution >= 4 is 23.1 Å². The summed E-state index contributed by atoms with van der Waals surface area (Å²) in [6.07, 6.45) is -1.65. The molecule has 1 aliphatic rings. The number of amides is 1. The summed E-state index contributed by atoms with van der Waals surface area (Å²) in [5.41, 5.74) is -0.541. The van der Waals surface area contributed by atoms with E-state index in [1.165, 1.54) is 17.8 Å². The molecular formula is C25H26F4N8O2. The minimum atomic E-state index is -4.74. The van der Waals surface area contributed by atoms with Gasteiger partial charge in [0.15, 0.2) is 11.3 Å². The second-order valence-electron chi connectivity index (χ2n) is 9.37. The summed E-state index contributed by atoms with van der Waals surface area (Å²) >= 11 is 0. The van der Waals surface area contributed by atoms with Crippen LogP contribution in [0, 0.1) is 0 Å². The fraction of sp³-hybridized carbons (Fsp3) is 0.360. The summed E-state index contributed by atoms with van der Waals surface area (Å²) in [5, 5.41) is 13.0. The molecule has 1 saturated heterocycles. The number of carbonyl (C=O) groups excluding carboxylic acids is 1. The van der Waals surface area contributed by atoms with Gasteiger partial charge in [-0.2, -0.15) is 23.4 Å². The molecule has 0 saturated carbocycles. The van der Waals surface area contributed by atoms with E-state index in [4.69, 9.17) is 4.74 Å². The van der Waals surface area contributed by atoms with Gasteiger partial charge in [0.1, 0.15) is 23.3 Å². The highest BCUT2D eigenvalue weighted by molar-refractivity contribution is 6.08. The van der Waals surface area contributed by atoms with Crippen molar-refractivity contribution in [2.45, 2.75) is 31.4 Å². The second-order valence-corrected chi connectivity index (χ2v) is 9.37. The van der Waals surface area contributed by atoms with Gasteiger partial charge in [-0.3, -0.25) is 14.4 Å². The molecule has 1 aromatic carbocycles. The van der Waals surface area contributed by atoms with Gasteiger partial charge in [0.25, 0.3) is 5.91 Å². The van der Waals surface area contributed by atoms with E-state index in [1.807, 2.05) is 29.2 Å². The third-order valence-electron chi connectivity index (χ3n) is 6.35. The lowest BCUT2D eigenvalue weighted by atomic mass is 10.0. The maximum absolute atomic E-state index is 14.6. The van der Waals surface area contributed by atoms with Crippen LogP contribution in [0.3, 0.4) is 0 Å². The van der Waals surface area contributed by atoms with E-state index in [9.17, 15) is 22.4 Å². The standard InChI is InChI=1S/C25H26F4N8O2/c1-35-14-20(22(34-35)25(27,28)29)32-24(38)19-10-30-37-8-7-21(33-23(19)37)31-17-9-16(26)12-36(13-17)11-15-3-5-18(39-2)6-4-15/h3-8,10,14,16-17H,9,11-13H2,1-2H3,(H,31,33)(H,32,38)/t16-,17+/m1/s1. The van der Waals surface area contributed by atoms with Crippen LogP contribution in [0.4, 0.5) is 29.1 Å². The molecule has 39 heavy (non-hydrogen) atoms.